The zero-order valence-electron chi connectivity index (χ0n) is 12.9. The van der Waals surface area contributed by atoms with E-state index in [4.69, 9.17) is 19.9 Å². The first-order valence-corrected chi connectivity index (χ1v) is 7.37. The van der Waals surface area contributed by atoms with Gasteiger partial charge in [-0.2, -0.15) is 0 Å². The molecule has 6 heteroatoms. The summed E-state index contributed by atoms with van der Waals surface area (Å²) < 4.78 is 16.2. The number of aliphatic imine (C=N–C) groups is 1. The summed E-state index contributed by atoms with van der Waals surface area (Å²) in [7, 11) is 0. The Morgan fingerprint density at radius 1 is 1.22 bits per heavy atom. The number of ether oxygens (including phenoxy) is 3. The third kappa shape index (κ3) is 4.06. The molecule has 0 atom stereocenters. The number of anilines is 1. The maximum Gasteiger partial charge on any atom is 0.231 e. The molecule has 0 bridgehead atoms. The number of nitrogens with two attached hydrogens (primary N) is 1. The van der Waals surface area contributed by atoms with E-state index in [1.165, 1.54) is 0 Å². The lowest BCUT2D eigenvalue weighted by Crippen LogP contribution is -2.23. The van der Waals surface area contributed by atoms with Crippen molar-refractivity contribution >= 4 is 11.6 Å². The van der Waals surface area contributed by atoms with Crippen molar-refractivity contribution in [1.29, 1.82) is 0 Å². The van der Waals surface area contributed by atoms with E-state index in [9.17, 15) is 0 Å². The Morgan fingerprint density at radius 2 is 2.09 bits per heavy atom. The summed E-state index contributed by atoms with van der Waals surface area (Å²) >= 11 is 0. The Kier molecular flexibility index (Phi) is 4.52. The third-order valence-electron chi connectivity index (χ3n) is 3.28. The summed E-state index contributed by atoms with van der Waals surface area (Å²) in [6.45, 7) is 3.16. The highest BCUT2D eigenvalue weighted by molar-refractivity contribution is 5.92. The molecule has 1 aliphatic rings. The minimum atomic E-state index is 0.254. The van der Waals surface area contributed by atoms with Gasteiger partial charge < -0.3 is 25.3 Å². The van der Waals surface area contributed by atoms with E-state index in [2.05, 4.69) is 10.3 Å². The van der Waals surface area contributed by atoms with Crippen molar-refractivity contribution < 1.29 is 14.2 Å². The average Bonchev–Trinajstić information content (AvgIpc) is 2.99. The van der Waals surface area contributed by atoms with Crippen LogP contribution >= 0.6 is 0 Å². The van der Waals surface area contributed by atoms with Crippen LogP contribution in [0.2, 0.25) is 0 Å². The van der Waals surface area contributed by atoms with Gasteiger partial charge in [-0.05, 0) is 36.8 Å². The van der Waals surface area contributed by atoms with Crippen molar-refractivity contribution in [2.75, 3.05) is 25.3 Å². The van der Waals surface area contributed by atoms with Gasteiger partial charge in [0.15, 0.2) is 17.5 Å². The Labute approximate surface area is 134 Å². The second-order valence-corrected chi connectivity index (χ2v) is 5.12. The first kappa shape index (κ1) is 15.0. The van der Waals surface area contributed by atoms with Gasteiger partial charge in [0.2, 0.25) is 6.79 Å². The molecular weight excluding hydrogens is 294 g/mol. The standard InChI is InChI=1S/C17H19N3O3/c1-12-3-2-4-13(9-12)20-17(18)19-7-8-21-14-5-6-15-16(10-14)23-11-22-15/h2-6,9-10H,7-8,11H2,1H3,(H3,18,19,20). The number of benzene rings is 2. The van der Waals surface area contributed by atoms with Gasteiger partial charge in [-0.3, -0.25) is 0 Å². The number of aryl methyl sites for hydroxylation is 1. The molecule has 0 fully saturated rings. The van der Waals surface area contributed by atoms with Crippen LogP contribution in [-0.4, -0.2) is 25.9 Å². The molecule has 2 aromatic rings. The van der Waals surface area contributed by atoms with Crippen molar-refractivity contribution in [3.8, 4) is 17.2 Å². The molecule has 23 heavy (non-hydrogen) atoms. The topological polar surface area (TPSA) is 78.1 Å². The largest absolute Gasteiger partial charge is 0.492 e. The predicted molar refractivity (Wildman–Crippen MR) is 89.4 cm³/mol. The van der Waals surface area contributed by atoms with Crippen molar-refractivity contribution in [2.24, 2.45) is 10.7 Å². The Morgan fingerprint density at radius 3 is 2.96 bits per heavy atom. The molecule has 6 nitrogen and oxygen atoms in total. The lowest BCUT2D eigenvalue weighted by atomic mass is 10.2. The van der Waals surface area contributed by atoms with Crippen LogP contribution in [0.1, 0.15) is 5.56 Å². The van der Waals surface area contributed by atoms with E-state index in [0.29, 0.717) is 24.9 Å². The number of nitrogens with one attached hydrogen (secondary N) is 1. The fourth-order valence-electron chi connectivity index (χ4n) is 2.21. The quantitative estimate of drug-likeness (QED) is 0.504. The predicted octanol–water partition coefficient (Wildman–Crippen LogP) is 2.53. The first-order valence-electron chi connectivity index (χ1n) is 7.37. The van der Waals surface area contributed by atoms with Crippen molar-refractivity contribution in [1.82, 2.24) is 0 Å². The lowest BCUT2D eigenvalue weighted by molar-refractivity contribution is 0.174. The van der Waals surface area contributed by atoms with Gasteiger partial charge in [0.05, 0.1) is 6.54 Å². The molecule has 0 amide bonds. The Hall–Kier alpha value is -2.89. The van der Waals surface area contributed by atoms with Gasteiger partial charge in [0, 0.05) is 11.8 Å². The van der Waals surface area contributed by atoms with E-state index in [-0.39, 0.29) is 6.79 Å². The Balaban J connectivity index is 1.47. The molecule has 0 unspecified atom stereocenters. The van der Waals surface area contributed by atoms with Crippen LogP contribution < -0.4 is 25.3 Å². The molecule has 0 saturated heterocycles. The van der Waals surface area contributed by atoms with Crippen LogP contribution in [0.5, 0.6) is 17.2 Å². The second-order valence-electron chi connectivity index (χ2n) is 5.12. The minimum Gasteiger partial charge on any atom is -0.492 e. The van der Waals surface area contributed by atoms with Crippen LogP contribution in [0.15, 0.2) is 47.5 Å². The zero-order valence-corrected chi connectivity index (χ0v) is 12.9. The van der Waals surface area contributed by atoms with Gasteiger partial charge in [0.1, 0.15) is 12.4 Å². The highest BCUT2D eigenvalue weighted by Gasteiger charge is 2.13. The molecule has 0 spiro atoms. The fourth-order valence-corrected chi connectivity index (χ4v) is 2.21. The monoisotopic (exact) mass is 313 g/mol. The lowest BCUT2D eigenvalue weighted by Gasteiger charge is -2.07. The molecule has 1 aliphatic heterocycles. The molecule has 1 heterocycles. The molecule has 0 aromatic heterocycles. The van der Waals surface area contributed by atoms with Gasteiger partial charge >= 0.3 is 0 Å². The molecule has 120 valence electrons. The third-order valence-corrected chi connectivity index (χ3v) is 3.28. The van der Waals surface area contributed by atoms with Crippen LogP contribution in [-0.2, 0) is 0 Å². The Bertz CT molecular complexity index is 716. The molecule has 3 N–H and O–H groups in total. The number of fused-ring (bicyclic) bond motifs is 1. The number of hydrogen-bond acceptors (Lipinski definition) is 4. The van der Waals surface area contributed by atoms with Gasteiger partial charge in [0.25, 0.3) is 0 Å². The van der Waals surface area contributed by atoms with Crippen molar-refractivity contribution in [2.45, 2.75) is 6.92 Å². The summed E-state index contributed by atoms with van der Waals surface area (Å²) in [4.78, 5) is 4.24. The average molecular weight is 313 g/mol. The summed E-state index contributed by atoms with van der Waals surface area (Å²) in [5.41, 5.74) is 7.94. The molecule has 0 radical (unpaired) electrons. The molecule has 0 aliphatic carbocycles. The summed E-state index contributed by atoms with van der Waals surface area (Å²) in [6, 6.07) is 13.4. The van der Waals surface area contributed by atoms with Crippen LogP contribution in [0.25, 0.3) is 0 Å². The second kappa shape index (κ2) is 6.91. The number of rotatable bonds is 5. The highest BCUT2D eigenvalue weighted by Crippen LogP contribution is 2.34. The molecule has 0 saturated carbocycles. The molecular formula is C17H19N3O3. The van der Waals surface area contributed by atoms with Crippen LogP contribution in [0, 0.1) is 6.92 Å². The van der Waals surface area contributed by atoms with E-state index < -0.39 is 0 Å². The zero-order chi connectivity index (χ0) is 16.1. The summed E-state index contributed by atoms with van der Waals surface area (Å²) in [5.74, 6) is 2.52. The first-order chi connectivity index (χ1) is 11.2. The fraction of sp³-hybridized carbons (Fsp3) is 0.235. The molecule has 3 rings (SSSR count). The SMILES string of the molecule is Cc1cccc(NC(N)=NCCOc2ccc3c(c2)OCO3)c1. The number of guanidine groups is 1. The highest BCUT2D eigenvalue weighted by atomic mass is 16.7. The maximum atomic E-state index is 5.86. The summed E-state index contributed by atoms with van der Waals surface area (Å²) in [5, 5.41) is 3.05. The van der Waals surface area contributed by atoms with Gasteiger partial charge in [-0.25, -0.2) is 4.99 Å². The van der Waals surface area contributed by atoms with Crippen LogP contribution in [0.3, 0.4) is 0 Å². The van der Waals surface area contributed by atoms with E-state index in [0.717, 1.165) is 22.7 Å². The van der Waals surface area contributed by atoms with Gasteiger partial charge in [-0.1, -0.05) is 12.1 Å². The number of nitrogens with zero attached hydrogens (tertiary/aromatic N) is 1. The smallest absolute Gasteiger partial charge is 0.231 e. The van der Waals surface area contributed by atoms with E-state index >= 15 is 0 Å². The van der Waals surface area contributed by atoms with Crippen molar-refractivity contribution in [3.05, 3.63) is 48.0 Å². The van der Waals surface area contributed by atoms with Crippen LogP contribution in [0.4, 0.5) is 5.69 Å². The van der Waals surface area contributed by atoms with E-state index in [1.807, 2.05) is 43.3 Å². The number of hydrogen-bond donors (Lipinski definition) is 2. The van der Waals surface area contributed by atoms with Crippen molar-refractivity contribution in [3.63, 3.8) is 0 Å². The maximum absolute atomic E-state index is 5.86. The summed E-state index contributed by atoms with van der Waals surface area (Å²) in [6.07, 6.45) is 0. The van der Waals surface area contributed by atoms with E-state index in [1.54, 1.807) is 6.07 Å². The normalized spacial score (nSPS) is 13.0. The van der Waals surface area contributed by atoms with Gasteiger partial charge in [-0.15, -0.1) is 0 Å². The minimum absolute atomic E-state index is 0.254. The molecule has 2 aromatic carbocycles.